The van der Waals surface area contributed by atoms with E-state index in [1.165, 1.54) is 30.5 Å². The molecule has 98 valence electrons. The Bertz CT molecular complexity index is 419. The third kappa shape index (κ3) is 1.86. The minimum absolute atomic E-state index is 0.185. The molecule has 2 aliphatic rings. The minimum Gasteiger partial charge on any atom is -0.396 e. The van der Waals surface area contributed by atoms with Crippen LogP contribution in [0.1, 0.15) is 30.7 Å². The van der Waals surface area contributed by atoms with E-state index in [1.54, 1.807) is 0 Å². The van der Waals surface area contributed by atoms with Gasteiger partial charge in [-0.25, -0.2) is 4.39 Å². The largest absolute Gasteiger partial charge is 0.396 e. The van der Waals surface area contributed by atoms with E-state index < -0.39 is 0 Å². The quantitative estimate of drug-likeness (QED) is 0.870. The summed E-state index contributed by atoms with van der Waals surface area (Å²) in [6.45, 7) is 0.226. The van der Waals surface area contributed by atoms with Gasteiger partial charge in [0.25, 0.3) is 0 Å². The van der Waals surface area contributed by atoms with Gasteiger partial charge in [-0.3, -0.25) is 0 Å². The lowest BCUT2D eigenvalue weighted by molar-refractivity contribution is 0.0592. The molecule has 1 aromatic carbocycles. The summed E-state index contributed by atoms with van der Waals surface area (Å²) in [6.07, 6.45) is 3.50. The molecular weight excluding hydrogens is 229 g/mol. The molecule has 0 unspecified atom stereocenters. The van der Waals surface area contributed by atoms with E-state index in [0.29, 0.717) is 23.9 Å². The molecule has 2 saturated heterocycles. The maximum atomic E-state index is 13.0. The molecule has 0 amide bonds. The average Bonchev–Trinajstić information content (AvgIpc) is 2.63. The molecule has 1 N–H and O–H groups in total. The molecule has 0 spiro atoms. The van der Waals surface area contributed by atoms with Gasteiger partial charge in [-0.2, -0.15) is 0 Å². The molecule has 4 atom stereocenters. The van der Waals surface area contributed by atoms with Crippen molar-refractivity contribution in [3.05, 3.63) is 35.6 Å². The molecule has 3 rings (SSSR count). The number of aliphatic hydroxyl groups is 1. The van der Waals surface area contributed by atoms with Crippen LogP contribution in [0.2, 0.25) is 0 Å². The Labute approximate surface area is 107 Å². The van der Waals surface area contributed by atoms with Crippen LogP contribution in [-0.4, -0.2) is 35.7 Å². The van der Waals surface area contributed by atoms with E-state index in [0.717, 1.165) is 6.42 Å². The van der Waals surface area contributed by atoms with Crippen molar-refractivity contribution in [1.82, 2.24) is 4.90 Å². The molecule has 2 heterocycles. The molecule has 0 aromatic heterocycles. The molecule has 18 heavy (non-hydrogen) atoms. The number of aliphatic hydroxyl groups excluding tert-OH is 1. The van der Waals surface area contributed by atoms with Crippen LogP contribution in [0.3, 0.4) is 0 Å². The highest BCUT2D eigenvalue weighted by Gasteiger charge is 2.45. The van der Waals surface area contributed by atoms with E-state index in [4.69, 9.17) is 0 Å². The Morgan fingerprint density at radius 3 is 2.67 bits per heavy atom. The van der Waals surface area contributed by atoms with E-state index in [-0.39, 0.29) is 12.4 Å². The standard InChI is InChI=1S/C15H20FNO/c1-17-12-6-7-15(17)14(9-18)13(8-12)10-2-4-11(16)5-3-10/h2-5,12-15,18H,6-9H2,1H3/t12-,13-,14-,15+/m0/s1. The van der Waals surface area contributed by atoms with Gasteiger partial charge in [-0.1, -0.05) is 12.1 Å². The van der Waals surface area contributed by atoms with Crippen molar-refractivity contribution in [2.75, 3.05) is 13.7 Å². The SMILES string of the molecule is CN1[C@H]2CC[C@@H]1[C@@H](CO)[C@H](c1ccc(F)cc1)C2. The number of piperidine rings is 1. The normalized spacial score (nSPS) is 35.9. The summed E-state index contributed by atoms with van der Waals surface area (Å²) in [7, 11) is 2.17. The fraction of sp³-hybridized carbons (Fsp3) is 0.600. The van der Waals surface area contributed by atoms with Crippen molar-refractivity contribution in [1.29, 1.82) is 0 Å². The Morgan fingerprint density at radius 1 is 1.28 bits per heavy atom. The van der Waals surface area contributed by atoms with Gasteiger partial charge in [0.2, 0.25) is 0 Å². The van der Waals surface area contributed by atoms with Gasteiger partial charge >= 0.3 is 0 Å². The number of halogens is 1. The lowest BCUT2D eigenvalue weighted by Gasteiger charge is -2.42. The number of fused-ring (bicyclic) bond motifs is 2. The highest BCUT2D eigenvalue weighted by atomic mass is 19.1. The number of hydrogen-bond acceptors (Lipinski definition) is 2. The van der Waals surface area contributed by atoms with Crippen molar-refractivity contribution in [2.24, 2.45) is 5.92 Å². The van der Waals surface area contributed by atoms with Gasteiger partial charge in [-0.05, 0) is 49.9 Å². The first-order valence-corrected chi connectivity index (χ1v) is 6.79. The summed E-state index contributed by atoms with van der Waals surface area (Å²) in [5, 5.41) is 9.71. The first kappa shape index (κ1) is 12.1. The zero-order valence-electron chi connectivity index (χ0n) is 10.7. The Balaban J connectivity index is 1.89. The maximum Gasteiger partial charge on any atom is 0.123 e. The van der Waals surface area contributed by atoms with Crippen LogP contribution >= 0.6 is 0 Å². The molecule has 3 heteroatoms. The van der Waals surface area contributed by atoms with E-state index in [1.807, 2.05) is 12.1 Å². The predicted octanol–water partition coefficient (Wildman–Crippen LogP) is 2.38. The highest BCUT2D eigenvalue weighted by molar-refractivity contribution is 5.24. The molecule has 2 bridgehead atoms. The third-order valence-corrected chi connectivity index (χ3v) is 4.94. The van der Waals surface area contributed by atoms with Gasteiger partial charge in [0.15, 0.2) is 0 Å². The zero-order valence-corrected chi connectivity index (χ0v) is 10.7. The smallest absolute Gasteiger partial charge is 0.123 e. The zero-order chi connectivity index (χ0) is 12.7. The minimum atomic E-state index is -0.185. The van der Waals surface area contributed by atoms with Crippen LogP contribution in [0.25, 0.3) is 0 Å². The van der Waals surface area contributed by atoms with Crippen molar-refractivity contribution in [2.45, 2.75) is 37.3 Å². The molecular formula is C15H20FNO. The van der Waals surface area contributed by atoms with E-state index in [2.05, 4.69) is 11.9 Å². The molecule has 2 fully saturated rings. The van der Waals surface area contributed by atoms with Crippen LogP contribution in [0, 0.1) is 11.7 Å². The second-order valence-electron chi connectivity index (χ2n) is 5.70. The van der Waals surface area contributed by atoms with Crippen LogP contribution in [0.5, 0.6) is 0 Å². The Morgan fingerprint density at radius 2 is 2.00 bits per heavy atom. The van der Waals surface area contributed by atoms with Crippen LogP contribution in [-0.2, 0) is 0 Å². The number of nitrogens with zero attached hydrogens (tertiary/aromatic N) is 1. The summed E-state index contributed by atoms with van der Waals surface area (Å²) in [6, 6.07) is 7.95. The van der Waals surface area contributed by atoms with E-state index >= 15 is 0 Å². The number of rotatable bonds is 2. The summed E-state index contributed by atoms with van der Waals surface area (Å²) in [5.41, 5.74) is 1.18. The summed E-state index contributed by atoms with van der Waals surface area (Å²) >= 11 is 0. The summed E-state index contributed by atoms with van der Waals surface area (Å²) < 4.78 is 13.0. The lowest BCUT2D eigenvalue weighted by atomic mass is 9.76. The van der Waals surface area contributed by atoms with Crippen LogP contribution < -0.4 is 0 Å². The molecule has 0 aliphatic carbocycles. The Kier molecular flexibility index (Phi) is 3.12. The second kappa shape index (κ2) is 4.63. The van der Waals surface area contributed by atoms with Gasteiger partial charge in [0.1, 0.15) is 5.82 Å². The molecule has 0 radical (unpaired) electrons. The molecule has 1 aromatic rings. The number of hydrogen-bond donors (Lipinski definition) is 1. The van der Waals surface area contributed by atoms with Gasteiger partial charge in [0, 0.05) is 24.6 Å². The maximum absolute atomic E-state index is 13.0. The van der Waals surface area contributed by atoms with Gasteiger partial charge in [0.05, 0.1) is 0 Å². The van der Waals surface area contributed by atoms with Crippen molar-refractivity contribution in [3.8, 4) is 0 Å². The molecule has 2 nitrogen and oxygen atoms in total. The third-order valence-electron chi connectivity index (χ3n) is 4.94. The first-order valence-electron chi connectivity index (χ1n) is 6.79. The fourth-order valence-corrected chi connectivity index (χ4v) is 3.92. The lowest BCUT2D eigenvalue weighted by Crippen LogP contribution is -2.47. The topological polar surface area (TPSA) is 23.5 Å². The fourth-order valence-electron chi connectivity index (χ4n) is 3.92. The average molecular weight is 249 g/mol. The first-order chi connectivity index (χ1) is 8.70. The van der Waals surface area contributed by atoms with Crippen LogP contribution in [0.4, 0.5) is 4.39 Å². The van der Waals surface area contributed by atoms with Crippen LogP contribution in [0.15, 0.2) is 24.3 Å². The van der Waals surface area contributed by atoms with Gasteiger partial charge < -0.3 is 10.0 Å². The van der Waals surface area contributed by atoms with Crippen molar-refractivity contribution < 1.29 is 9.50 Å². The van der Waals surface area contributed by atoms with Crippen molar-refractivity contribution in [3.63, 3.8) is 0 Å². The Hall–Kier alpha value is -0.930. The number of benzene rings is 1. The molecule has 2 aliphatic heterocycles. The predicted molar refractivity (Wildman–Crippen MR) is 68.9 cm³/mol. The summed E-state index contributed by atoms with van der Waals surface area (Å²) in [5.74, 6) is 0.485. The summed E-state index contributed by atoms with van der Waals surface area (Å²) in [4.78, 5) is 2.43. The second-order valence-corrected chi connectivity index (χ2v) is 5.70. The monoisotopic (exact) mass is 249 g/mol. The molecule has 0 saturated carbocycles. The van der Waals surface area contributed by atoms with Crippen molar-refractivity contribution >= 4 is 0 Å². The van der Waals surface area contributed by atoms with E-state index in [9.17, 15) is 9.50 Å². The highest BCUT2D eigenvalue weighted by Crippen LogP contribution is 2.45. The van der Waals surface area contributed by atoms with Gasteiger partial charge in [-0.15, -0.1) is 0 Å².